The quantitative estimate of drug-likeness (QED) is 0.251. The minimum Gasteiger partial charge on any atom is -0.355 e. The Kier molecular flexibility index (Phi) is 13.9. The van der Waals surface area contributed by atoms with Gasteiger partial charge < -0.3 is 52.2 Å². The van der Waals surface area contributed by atoms with Crippen LogP contribution in [0.5, 0.6) is 0 Å². The Balaban J connectivity index is 6.47. The monoisotopic (exact) mass is 496 g/mol. The molecular formula is C13H36O12Si4. The van der Waals surface area contributed by atoms with E-state index in [1.165, 1.54) is 64.0 Å². The molecule has 0 aromatic rings. The minimum atomic E-state index is -3.85. The standard InChI is InChI=1S/C13H36O12Si4/c1-11-12-13-26(23-27(14-2,15-3)16-4,24-28(17-5,18-6)19-7)25-29(20-8,21-9)22-10/h11-13H2,1-10H3. The lowest BCUT2D eigenvalue weighted by atomic mass is 10.4. The van der Waals surface area contributed by atoms with E-state index in [0.717, 1.165) is 6.42 Å². The maximum atomic E-state index is 6.25. The minimum absolute atomic E-state index is 0.310. The van der Waals surface area contributed by atoms with Gasteiger partial charge in [-0.2, -0.15) is 0 Å². The highest BCUT2D eigenvalue weighted by Crippen LogP contribution is 2.32. The van der Waals surface area contributed by atoms with Crippen LogP contribution in [0.3, 0.4) is 0 Å². The fourth-order valence-corrected chi connectivity index (χ4v) is 15.0. The number of hydrogen-bond acceptors (Lipinski definition) is 12. The third-order valence-electron chi connectivity index (χ3n) is 3.93. The molecule has 0 N–H and O–H groups in total. The van der Waals surface area contributed by atoms with Gasteiger partial charge in [0.1, 0.15) is 0 Å². The van der Waals surface area contributed by atoms with Crippen LogP contribution in [0, 0.1) is 0 Å². The van der Waals surface area contributed by atoms with Crippen LogP contribution < -0.4 is 0 Å². The normalized spacial score (nSPS) is 13.9. The van der Waals surface area contributed by atoms with Gasteiger partial charge >= 0.3 is 35.9 Å². The Morgan fingerprint density at radius 2 is 0.690 bits per heavy atom. The third kappa shape index (κ3) is 7.79. The number of rotatable bonds is 18. The van der Waals surface area contributed by atoms with Gasteiger partial charge in [0.25, 0.3) is 0 Å². The summed E-state index contributed by atoms with van der Waals surface area (Å²) in [5.41, 5.74) is 0. The van der Waals surface area contributed by atoms with Gasteiger partial charge in [0.2, 0.25) is 0 Å². The average Bonchev–Trinajstić information content (AvgIpc) is 2.78. The van der Waals surface area contributed by atoms with Crippen LogP contribution in [0.15, 0.2) is 0 Å². The summed E-state index contributed by atoms with van der Waals surface area (Å²) in [5.74, 6) is 0. The van der Waals surface area contributed by atoms with Crippen LogP contribution in [0.25, 0.3) is 0 Å². The molecule has 0 aliphatic heterocycles. The molecule has 0 unspecified atom stereocenters. The van der Waals surface area contributed by atoms with Crippen molar-refractivity contribution in [1.82, 2.24) is 0 Å². The van der Waals surface area contributed by atoms with Gasteiger partial charge in [-0.1, -0.05) is 13.3 Å². The maximum Gasteiger partial charge on any atom is 0.671 e. The lowest BCUT2D eigenvalue weighted by Crippen LogP contribution is -2.69. The van der Waals surface area contributed by atoms with E-state index in [1.54, 1.807) is 0 Å². The van der Waals surface area contributed by atoms with Crippen molar-refractivity contribution in [3.8, 4) is 0 Å². The molecule has 0 fully saturated rings. The molecule has 0 saturated heterocycles. The summed E-state index contributed by atoms with van der Waals surface area (Å²) in [7, 11) is -2.20. The molecule has 16 heteroatoms. The maximum absolute atomic E-state index is 6.25. The smallest absolute Gasteiger partial charge is 0.355 e. The summed E-state index contributed by atoms with van der Waals surface area (Å²) in [6, 6.07) is 0.310. The largest absolute Gasteiger partial charge is 0.671 e. The molecule has 0 rings (SSSR count). The second-order valence-corrected chi connectivity index (χ2v) is 16.4. The van der Waals surface area contributed by atoms with E-state index in [1.807, 2.05) is 6.92 Å². The van der Waals surface area contributed by atoms with E-state index in [0.29, 0.717) is 12.5 Å². The molecule has 12 nitrogen and oxygen atoms in total. The van der Waals surface area contributed by atoms with E-state index < -0.39 is 35.9 Å². The first kappa shape index (κ1) is 29.4. The molecular weight excluding hydrogens is 460 g/mol. The van der Waals surface area contributed by atoms with Crippen molar-refractivity contribution in [2.24, 2.45) is 0 Å². The summed E-state index contributed by atoms with van der Waals surface area (Å²) in [4.78, 5) is 0. The van der Waals surface area contributed by atoms with Gasteiger partial charge in [0, 0.05) is 70.0 Å². The van der Waals surface area contributed by atoms with Crippen molar-refractivity contribution in [3.63, 3.8) is 0 Å². The molecule has 0 bridgehead atoms. The molecule has 0 aromatic carbocycles. The number of hydrogen-bond donors (Lipinski definition) is 0. The second-order valence-electron chi connectivity index (χ2n) is 5.43. The van der Waals surface area contributed by atoms with Gasteiger partial charge in [0.15, 0.2) is 0 Å². The second kappa shape index (κ2) is 13.7. The molecule has 0 aliphatic carbocycles. The van der Waals surface area contributed by atoms with Crippen molar-refractivity contribution >= 4 is 35.9 Å². The van der Waals surface area contributed by atoms with E-state index >= 15 is 0 Å². The van der Waals surface area contributed by atoms with Gasteiger partial charge in [-0.05, 0) is 6.42 Å². The lowest BCUT2D eigenvalue weighted by Gasteiger charge is -2.41. The van der Waals surface area contributed by atoms with Crippen molar-refractivity contribution in [1.29, 1.82) is 0 Å². The highest BCUT2D eigenvalue weighted by Gasteiger charge is 2.65. The summed E-state index contributed by atoms with van der Waals surface area (Å²) >= 11 is 0. The third-order valence-corrected chi connectivity index (χ3v) is 16.1. The zero-order chi connectivity index (χ0) is 22.6. The van der Waals surface area contributed by atoms with Crippen LogP contribution in [-0.2, 0) is 52.2 Å². The Labute approximate surface area is 178 Å². The van der Waals surface area contributed by atoms with Crippen LogP contribution in [0.4, 0.5) is 0 Å². The summed E-state index contributed by atoms with van der Waals surface area (Å²) in [6.07, 6.45) is 1.48. The Morgan fingerprint density at radius 3 is 0.862 bits per heavy atom. The Bertz CT molecular complexity index is 354. The molecule has 0 aliphatic rings. The van der Waals surface area contributed by atoms with E-state index in [-0.39, 0.29) is 0 Å². The average molecular weight is 497 g/mol. The zero-order valence-corrected chi connectivity index (χ0v) is 23.0. The van der Waals surface area contributed by atoms with E-state index in [4.69, 9.17) is 52.2 Å². The van der Waals surface area contributed by atoms with Crippen molar-refractivity contribution in [3.05, 3.63) is 0 Å². The highest BCUT2D eigenvalue weighted by atomic mass is 28.5. The predicted molar refractivity (Wildman–Crippen MR) is 109 cm³/mol. The topological polar surface area (TPSA) is 111 Å². The Hall–Kier alpha value is 0.388. The molecule has 0 aromatic heterocycles. The molecule has 0 radical (unpaired) electrons. The summed E-state index contributed by atoms with van der Waals surface area (Å²) in [5, 5.41) is 0. The summed E-state index contributed by atoms with van der Waals surface area (Å²) in [6.45, 7) is 2.01. The fourth-order valence-electron chi connectivity index (χ4n) is 2.31. The van der Waals surface area contributed by atoms with E-state index in [2.05, 4.69) is 0 Å². The van der Waals surface area contributed by atoms with Crippen LogP contribution in [0.1, 0.15) is 19.8 Å². The Morgan fingerprint density at radius 1 is 0.448 bits per heavy atom. The molecule has 0 spiro atoms. The SMILES string of the molecule is CCCC[Si](O[Si](OC)(OC)OC)(O[Si](OC)(OC)OC)O[Si](OC)(OC)OC. The lowest BCUT2D eigenvalue weighted by molar-refractivity contribution is -0.0259. The van der Waals surface area contributed by atoms with Crippen molar-refractivity contribution in [2.45, 2.75) is 25.8 Å². The van der Waals surface area contributed by atoms with Crippen LogP contribution in [-0.4, -0.2) is 99.9 Å². The molecule has 176 valence electrons. The van der Waals surface area contributed by atoms with Crippen molar-refractivity contribution in [2.75, 3.05) is 64.0 Å². The first-order valence-electron chi connectivity index (χ1n) is 8.80. The predicted octanol–water partition coefficient (Wildman–Crippen LogP) is 0.900. The van der Waals surface area contributed by atoms with Crippen LogP contribution >= 0.6 is 0 Å². The number of unbranched alkanes of at least 4 members (excludes halogenated alkanes) is 1. The van der Waals surface area contributed by atoms with Crippen LogP contribution in [0.2, 0.25) is 6.04 Å². The van der Waals surface area contributed by atoms with Crippen molar-refractivity contribution < 1.29 is 52.2 Å². The van der Waals surface area contributed by atoms with E-state index in [9.17, 15) is 0 Å². The fraction of sp³-hybridized carbons (Fsp3) is 1.00. The first-order chi connectivity index (χ1) is 13.7. The zero-order valence-electron chi connectivity index (χ0n) is 19.0. The molecule has 0 heterocycles. The molecule has 0 amide bonds. The van der Waals surface area contributed by atoms with Gasteiger partial charge in [0.05, 0.1) is 0 Å². The van der Waals surface area contributed by atoms with Gasteiger partial charge in [-0.3, -0.25) is 0 Å². The highest BCUT2D eigenvalue weighted by molar-refractivity contribution is 6.82. The summed E-state index contributed by atoms with van der Waals surface area (Å²) < 4.78 is 67.7. The molecule has 0 saturated carbocycles. The first-order valence-corrected chi connectivity index (χ1v) is 15.6. The van der Waals surface area contributed by atoms with Gasteiger partial charge in [-0.15, -0.1) is 0 Å². The molecule has 29 heavy (non-hydrogen) atoms. The molecule has 0 atom stereocenters. The van der Waals surface area contributed by atoms with Gasteiger partial charge in [-0.25, -0.2) is 0 Å².